The summed E-state index contributed by atoms with van der Waals surface area (Å²) in [4.78, 5) is 14.1. The van der Waals surface area contributed by atoms with Gasteiger partial charge in [0.15, 0.2) is 0 Å². The van der Waals surface area contributed by atoms with Crippen LogP contribution in [-0.2, 0) is 11.2 Å². The van der Waals surface area contributed by atoms with Gasteiger partial charge in [0.25, 0.3) is 0 Å². The number of halogens is 1. The van der Waals surface area contributed by atoms with Crippen molar-refractivity contribution in [3.05, 3.63) is 23.8 Å². The molecule has 1 amide bonds. The number of fused-ring (bicyclic) bond motifs is 1. The average Bonchev–Trinajstić information content (AvgIpc) is 2.43. The number of benzene rings is 1. The van der Waals surface area contributed by atoms with Crippen molar-refractivity contribution in [3.8, 4) is 5.75 Å². The van der Waals surface area contributed by atoms with E-state index in [1.807, 2.05) is 17.0 Å². The number of carbonyl (C=O) groups is 1. The minimum Gasteiger partial charge on any atom is -0.495 e. The lowest BCUT2D eigenvalue weighted by Crippen LogP contribution is -2.35. The molecule has 1 aliphatic heterocycles. The van der Waals surface area contributed by atoms with E-state index in [1.54, 1.807) is 7.11 Å². The smallest absolute Gasteiger partial charge is 0.227 e. The van der Waals surface area contributed by atoms with Gasteiger partial charge in [-0.2, -0.15) is 0 Å². The van der Waals surface area contributed by atoms with Crippen LogP contribution in [-0.4, -0.2) is 25.4 Å². The number of carbonyl (C=O) groups excluding carboxylic acids is 1. The van der Waals surface area contributed by atoms with Crippen LogP contribution in [0.1, 0.15) is 24.8 Å². The fraction of sp³-hybridized carbons (Fsp3) is 0.500. The van der Waals surface area contributed by atoms with Crippen molar-refractivity contribution in [3.63, 3.8) is 0 Å². The number of ether oxygens (including phenoxy) is 1. The number of aryl methyl sites for hydroxylation is 1. The number of amides is 1. The van der Waals surface area contributed by atoms with Gasteiger partial charge in [0, 0.05) is 18.8 Å². The third-order valence-electron chi connectivity index (χ3n) is 3.23. The minimum atomic E-state index is 0.140. The molecule has 1 aliphatic rings. The maximum atomic E-state index is 12.2. The number of methoxy groups -OCH3 is 1. The summed E-state index contributed by atoms with van der Waals surface area (Å²) in [7, 11) is 1.64. The highest BCUT2D eigenvalue weighted by atomic mass is 35.5. The summed E-state index contributed by atoms with van der Waals surface area (Å²) in [6, 6.07) is 5.95. The Morgan fingerprint density at radius 1 is 1.50 bits per heavy atom. The minimum absolute atomic E-state index is 0.140. The van der Waals surface area contributed by atoms with Crippen LogP contribution in [0, 0.1) is 0 Å². The fourth-order valence-corrected chi connectivity index (χ4v) is 2.52. The summed E-state index contributed by atoms with van der Waals surface area (Å²) in [6.07, 6.45) is 3.24. The molecule has 2 rings (SSSR count). The zero-order valence-electron chi connectivity index (χ0n) is 10.6. The molecule has 0 saturated carbocycles. The molecule has 1 aromatic rings. The van der Waals surface area contributed by atoms with E-state index in [9.17, 15) is 4.79 Å². The summed E-state index contributed by atoms with van der Waals surface area (Å²) in [5.41, 5.74) is 2.14. The first-order chi connectivity index (χ1) is 8.77. The summed E-state index contributed by atoms with van der Waals surface area (Å²) < 4.78 is 5.38. The zero-order chi connectivity index (χ0) is 13.0. The Bertz CT molecular complexity index is 420. The highest BCUT2D eigenvalue weighted by Crippen LogP contribution is 2.36. The van der Waals surface area contributed by atoms with Gasteiger partial charge in [0.05, 0.1) is 12.8 Å². The molecular weight excluding hydrogens is 250 g/mol. The zero-order valence-corrected chi connectivity index (χ0v) is 11.4. The summed E-state index contributed by atoms with van der Waals surface area (Å²) >= 11 is 5.65. The molecule has 0 N–H and O–H groups in total. The SMILES string of the molecule is COc1cccc2c1N(C(=O)CCCCl)CCC2. The monoisotopic (exact) mass is 267 g/mol. The fourth-order valence-electron chi connectivity index (χ4n) is 2.38. The Morgan fingerprint density at radius 2 is 2.33 bits per heavy atom. The molecule has 18 heavy (non-hydrogen) atoms. The molecule has 1 aromatic carbocycles. The number of hydrogen-bond donors (Lipinski definition) is 0. The van der Waals surface area contributed by atoms with Crippen LogP contribution < -0.4 is 9.64 Å². The molecule has 1 heterocycles. The molecule has 0 radical (unpaired) electrons. The molecule has 0 bridgehead atoms. The largest absolute Gasteiger partial charge is 0.495 e. The molecule has 0 saturated heterocycles. The van der Waals surface area contributed by atoms with Gasteiger partial charge in [-0.15, -0.1) is 11.6 Å². The Labute approximate surface area is 113 Å². The maximum absolute atomic E-state index is 12.2. The van der Waals surface area contributed by atoms with Crippen LogP contribution in [0.4, 0.5) is 5.69 Å². The van der Waals surface area contributed by atoms with Crippen molar-refractivity contribution >= 4 is 23.2 Å². The Kier molecular flexibility index (Phi) is 4.48. The number of rotatable bonds is 4. The van der Waals surface area contributed by atoms with E-state index in [-0.39, 0.29) is 5.91 Å². The topological polar surface area (TPSA) is 29.5 Å². The lowest BCUT2D eigenvalue weighted by Gasteiger charge is -2.31. The molecule has 98 valence electrons. The van der Waals surface area contributed by atoms with Crippen molar-refractivity contribution in [2.24, 2.45) is 0 Å². The Hall–Kier alpha value is -1.22. The quantitative estimate of drug-likeness (QED) is 0.785. The van der Waals surface area contributed by atoms with Crippen LogP contribution in [0.5, 0.6) is 5.75 Å². The molecule has 0 atom stereocenters. The van der Waals surface area contributed by atoms with Gasteiger partial charge in [0.2, 0.25) is 5.91 Å². The number of nitrogens with zero attached hydrogens (tertiary/aromatic N) is 1. The lowest BCUT2D eigenvalue weighted by atomic mass is 10.0. The van der Waals surface area contributed by atoms with Crippen molar-refractivity contribution in [2.75, 3.05) is 24.4 Å². The van der Waals surface area contributed by atoms with Crippen molar-refractivity contribution in [1.29, 1.82) is 0 Å². The molecule has 0 unspecified atom stereocenters. The van der Waals surface area contributed by atoms with Crippen LogP contribution in [0.2, 0.25) is 0 Å². The second-order valence-corrected chi connectivity index (χ2v) is 4.79. The summed E-state index contributed by atoms with van der Waals surface area (Å²) in [5.74, 6) is 1.45. The lowest BCUT2D eigenvalue weighted by molar-refractivity contribution is -0.118. The van der Waals surface area contributed by atoms with Crippen molar-refractivity contribution in [1.82, 2.24) is 0 Å². The highest BCUT2D eigenvalue weighted by molar-refractivity contribution is 6.18. The van der Waals surface area contributed by atoms with Crippen LogP contribution in [0.15, 0.2) is 18.2 Å². The molecule has 0 aliphatic carbocycles. The van der Waals surface area contributed by atoms with Gasteiger partial charge < -0.3 is 9.64 Å². The predicted molar refractivity (Wildman–Crippen MR) is 73.6 cm³/mol. The number of hydrogen-bond acceptors (Lipinski definition) is 2. The molecule has 0 fully saturated rings. The Morgan fingerprint density at radius 3 is 3.06 bits per heavy atom. The van der Waals surface area contributed by atoms with Crippen molar-refractivity contribution in [2.45, 2.75) is 25.7 Å². The summed E-state index contributed by atoms with van der Waals surface area (Å²) in [5, 5.41) is 0. The van der Waals surface area contributed by atoms with Gasteiger partial charge >= 0.3 is 0 Å². The van der Waals surface area contributed by atoms with E-state index >= 15 is 0 Å². The molecule has 4 heteroatoms. The number of alkyl halides is 1. The van der Waals surface area contributed by atoms with Gasteiger partial charge in [0.1, 0.15) is 5.75 Å². The van der Waals surface area contributed by atoms with E-state index < -0.39 is 0 Å². The van der Waals surface area contributed by atoms with Crippen LogP contribution in [0.25, 0.3) is 0 Å². The summed E-state index contributed by atoms with van der Waals surface area (Å²) in [6.45, 7) is 0.772. The maximum Gasteiger partial charge on any atom is 0.227 e. The Balaban J connectivity index is 2.28. The third-order valence-corrected chi connectivity index (χ3v) is 3.49. The standard InChI is InChI=1S/C14H18ClNO2/c1-18-12-7-2-5-11-6-4-10-16(14(11)12)13(17)8-3-9-15/h2,5,7H,3-4,6,8-10H2,1H3. The second-order valence-electron chi connectivity index (χ2n) is 4.41. The second kappa shape index (κ2) is 6.10. The first-order valence-electron chi connectivity index (χ1n) is 6.30. The van der Waals surface area contributed by atoms with E-state index in [1.165, 1.54) is 5.56 Å². The third kappa shape index (κ3) is 2.61. The van der Waals surface area contributed by atoms with E-state index in [0.29, 0.717) is 12.3 Å². The normalized spacial score (nSPS) is 14.2. The van der Waals surface area contributed by atoms with Gasteiger partial charge in [-0.05, 0) is 30.9 Å². The first kappa shape index (κ1) is 13.2. The molecule has 0 aromatic heterocycles. The first-order valence-corrected chi connectivity index (χ1v) is 6.83. The number of para-hydroxylation sites is 1. The highest BCUT2D eigenvalue weighted by Gasteiger charge is 2.25. The van der Waals surface area contributed by atoms with E-state index in [4.69, 9.17) is 16.3 Å². The molecular formula is C14H18ClNO2. The molecule has 0 spiro atoms. The van der Waals surface area contributed by atoms with E-state index in [2.05, 4.69) is 6.07 Å². The predicted octanol–water partition coefficient (Wildman–Crippen LogP) is 2.99. The van der Waals surface area contributed by atoms with Gasteiger partial charge in [-0.25, -0.2) is 0 Å². The number of anilines is 1. The van der Waals surface area contributed by atoms with Crippen LogP contribution in [0.3, 0.4) is 0 Å². The molecule has 3 nitrogen and oxygen atoms in total. The average molecular weight is 268 g/mol. The van der Waals surface area contributed by atoms with Crippen LogP contribution >= 0.6 is 11.6 Å². The van der Waals surface area contributed by atoms with Crippen molar-refractivity contribution < 1.29 is 9.53 Å². The van der Waals surface area contributed by atoms with Gasteiger partial charge in [-0.1, -0.05) is 12.1 Å². The van der Waals surface area contributed by atoms with Gasteiger partial charge in [-0.3, -0.25) is 4.79 Å². The van der Waals surface area contributed by atoms with E-state index in [0.717, 1.165) is 37.2 Å².